The van der Waals surface area contributed by atoms with Gasteiger partial charge < -0.3 is 15.4 Å². The van der Waals surface area contributed by atoms with Crippen molar-refractivity contribution >= 4 is 23.3 Å². The van der Waals surface area contributed by atoms with Crippen molar-refractivity contribution < 1.29 is 9.53 Å². The van der Waals surface area contributed by atoms with Crippen molar-refractivity contribution in [3.63, 3.8) is 0 Å². The van der Waals surface area contributed by atoms with Gasteiger partial charge in [-0.15, -0.1) is 0 Å². The van der Waals surface area contributed by atoms with Gasteiger partial charge in [-0.05, 0) is 29.3 Å². The van der Waals surface area contributed by atoms with Crippen molar-refractivity contribution in [3.8, 4) is 5.75 Å². The second kappa shape index (κ2) is 8.41. The molecule has 2 N–H and O–H groups in total. The first-order valence-corrected chi connectivity index (χ1v) is 8.56. The zero-order valence-electron chi connectivity index (χ0n) is 14.3. The topological polar surface area (TPSA) is 50.4 Å². The predicted octanol–water partition coefficient (Wildman–Crippen LogP) is 5.26. The van der Waals surface area contributed by atoms with Gasteiger partial charge in [0.25, 0.3) is 0 Å². The van der Waals surface area contributed by atoms with E-state index in [1.807, 2.05) is 60.7 Å². The highest BCUT2D eigenvalue weighted by Gasteiger charge is 2.16. The van der Waals surface area contributed by atoms with Crippen LogP contribution in [0.4, 0.5) is 10.5 Å². The van der Waals surface area contributed by atoms with Crippen LogP contribution in [0.5, 0.6) is 5.75 Å². The number of ether oxygens (including phenoxy) is 1. The maximum absolute atomic E-state index is 12.5. The van der Waals surface area contributed by atoms with Crippen molar-refractivity contribution in [2.45, 2.75) is 6.04 Å². The fourth-order valence-corrected chi connectivity index (χ4v) is 2.95. The Morgan fingerprint density at radius 3 is 2.00 bits per heavy atom. The minimum absolute atomic E-state index is 0.258. The van der Waals surface area contributed by atoms with Crippen LogP contribution in [-0.4, -0.2) is 13.1 Å². The number of hydrogen-bond acceptors (Lipinski definition) is 2. The third kappa shape index (κ3) is 4.35. The van der Waals surface area contributed by atoms with E-state index in [-0.39, 0.29) is 12.1 Å². The highest BCUT2D eigenvalue weighted by atomic mass is 35.5. The van der Waals surface area contributed by atoms with Gasteiger partial charge in [0.2, 0.25) is 0 Å². The lowest BCUT2D eigenvalue weighted by Gasteiger charge is -2.20. The Morgan fingerprint density at radius 1 is 0.923 bits per heavy atom. The molecule has 4 nitrogen and oxygen atoms in total. The molecule has 0 spiro atoms. The van der Waals surface area contributed by atoms with E-state index in [0.717, 1.165) is 11.1 Å². The normalized spacial score (nSPS) is 10.4. The van der Waals surface area contributed by atoms with Crippen LogP contribution in [0, 0.1) is 0 Å². The Balaban J connectivity index is 1.79. The van der Waals surface area contributed by atoms with Crippen LogP contribution < -0.4 is 15.4 Å². The molecule has 0 heterocycles. The van der Waals surface area contributed by atoms with E-state index < -0.39 is 0 Å². The Bertz CT molecular complexity index is 830. The van der Waals surface area contributed by atoms with Gasteiger partial charge in [0, 0.05) is 5.69 Å². The molecule has 26 heavy (non-hydrogen) atoms. The van der Waals surface area contributed by atoms with Crippen LogP contribution in [0.3, 0.4) is 0 Å². The molecule has 0 aromatic heterocycles. The number of urea groups is 1. The highest BCUT2D eigenvalue weighted by Crippen LogP contribution is 2.27. The summed E-state index contributed by atoms with van der Waals surface area (Å²) in [6.07, 6.45) is 0. The molecule has 0 aliphatic rings. The maximum Gasteiger partial charge on any atom is 0.319 e. The summed E-state index contributed by atoms with van der Waals surface area (Å²) in [6.45, 7) is 0. The van der Waals surface area contributed by atoms with Crippen LogP contribution in [0.15, 0.2) is 78.9 Å². The smallest absolute Gasteiger partial charge is 0.319 e. The number of rotatable bonds is 5. The van der Waals surface area contributed by atoms with Gasteiger partial charge in [-0.3, -0.25) is 0 Å². The first-order chi connectivity index (χ1) is 12.7. The fourth-order valence-electron chi connectivity index (χ4n) is 2.69. The second-order valence-corrected chi connectivity index (χ2v) is 6.11. The molecule has 3 rings (SSSR count). The number of halogens is 1. The minimum atomic E-state index is -0.316. The molecule has 132 valence electrons. The largest absolute Gasteiger partial charge is 0.495 e. The molecule has 0 aliphatic heterocycles. The molecule has 0 unspecified atom stereocenters. The average molecular weight is 367 g/mol. The van der Waals surface area contributed by atoms with Gasteiger partial charge in [-0.25, -0.2) is 4.79 Å². The van der Waals surface area contributed by atoms with Crippen molar-refractivity contribution in [2.24, 2.45) is 0 Å². The number of carbonyl (C=O) groups is 1. The third-order valence-electron chi connectivity index (χ3n) is 3.95. The van der Waals surface area contributed by atoms with Crippen LogP contribution in [-0.2, 0) is 0 Å². The minimum Gasteiger partial charge on any atom is -0.495 e. The Kier molecular flexibility index (Phi) is 5.77. The zero-order chi connectivity index (χ0) is 18.4. The quantitative estimate of drug-likeness (QED) is 0.647. The van der Waals surface area contributed by atoms with Gasteiger partial charge >= 0.3 is 6.03 Å². The van der Waals surface area contributed by atoms with Gasteiger partial charge in [0.15, 0.2) is 0 Å². The summed E-state index contributed by atoms with van der Waals surface area (Å²) >= 11 is 6.11. The van der Waals surface area contributed by atoms with E-state index in [9.17, 15) is 4.79 Å². The van der Waals surface area contributed by atoms with Crippen LogP contribution in [0.1, 0.15) is 17.2 Å². The van der Waals surface area contributed by atoms with Crippen molar-refractivity contribution in [3.05, 3.63) is 95.0 Å². The van der Waals surface area contributed by atoms with Crippen LogP contribution in [0.25, 0.3) is 0 Å². The molecule has 0 saturated carbocycles. The van der Waals surface area contributed by atoms with Gasteiger partial charge in [-0.1, -0.05) is 72.3 Å². The van der Waals surface area contributed by atoms with E-state index in [1.165, 1.54) is 0 Å². The maximum atomic E-state index is 12.5. The van der Waals surface area contributed by atoms with Crippen LogP contribution >= 0.6 is 11.6 Å². The van der Waals surface area contributed by atoms with E-state index in [2.05, 4.69) is 10.6 Å². The lowest BCUT2D eigenvalue weighted by atomic mass is 9.99. The summed E-state index contributed by atoms with van der Waals surface area (Å²) < 4.78 is 5.12. The molecule has 2 amide bonds. The summed E-state index contributed by atoms with van der Waals surface area (Å²) in [6, 6.07) is 24.2. The number of carbonyl (C=O) groups excluding carboxylic acids is 1. The van der Waals surface area contributed by atoms with Gasteiger partial charge in [0.05, 0.1) is 18.2 Å². The van der Waals surface area contributed by atoms with Gasteiger partial charge in [0.1, 0.15) is 5.75 Å². The molecular formula is C21H19ClN2O2. The summed E-state index contributed by atoms with van der Waals surface area (Å²) in [7, 11) is 1.55. The molecule has 0 aliphatic carbocycles. The molecule has 0 saturated heterocycles. The number of amides is 2. The van der Waals surface area contributed by atoms with Gasteiger partial charge in [-0.2, -0.15) is 0 Å². The SMILES string of the molecule is COc1ccc(NC(=O)NC(c2ccccc2)c2ccccc2)cc1Cl. The number of hydrogen-bond donors (Lipinski definition) is 2. The van der Waals surface area contributed by atoms with E-state index in [1.54, 1.807) is 25.3 Å². The summed E-state index contributed by atoms with van der Waals surface area (Å²) in [5, 5.41) is 6.27. The summed E-state index contributed by atoms with van der Waals surface area (Å²) in [5.41, 5.74) is 2.59. The lowest BCUT2D eigenvalue weighted by molar-refractivity contribution is 0.250. The van der Waals surface area contributed by atoms with Crippen molar-refractivity contribution in [1.82, 2.24) is 5.32 Å². The molecular weight excluding hydrogens is 348 g/mol. The first-order valence-electron chi connectivity index (χ1n) is 8.18. The lowest BCUT2D eigenvalue weighted by Crippen LogP contribution is -2.33. The van der Waals surface area contributed by atoms with Crippen LogP contribution in [0.2, 0.25) is 5.02 Å². The Hall–Kier alpha value is -2.98. The zero-order valence-corrected chi connectivity index (χ0v) is 15.0. The number of benzene rings is 3. The van der Waals surface area contributed by atoms with Crippen molar-refractivity contribution in [2.75, 3.05) is 12.4 Å². The number of anilines is 1. The predicted molar refractivity (Wildman–Crippen MR) is 105 cm³/mol. The Labute approximate surface area is 157 Å². The molecule has 0 atom stereocenters. The third-order valence-corrected chi connectivity index (χ3v) is 4.25. The molecule has 0 radical (unpaired) electrons. The molecule has 0 bridgehead atoms. The Morgan fingerprint density at radius 2 is 1.50 bits per heavy atom. The second-order valence-electron chi connectivity index (χ2n) is 5.70. The molecule has 0 fully saturated rings. The van der Waals surface area contributed by atoms with Crippen molar-refractivity contribution in [1.29, 1.82) is 0 Å². The fraction of sp³-hybridized carbons (Fsp3) is 0.0952. The summed E-state index contributed by atoms with van der Waals surface area (Å²) in [4.78, 5) is 12.5. The molecule has 5 heteroatoms. The first kappa shape index (κ1) is 17.8. The summed E-state index contributed by atoms with van der Waals surface area (Å²) in [5.74, 6) is 0.559. The number of nitrogens with one attached hydrogen (secondary N) is 2. The standard InChI is InChI=1S/C21H19ClN2O2/c1-26-19-13-12-17(14-18(19)22)23-21(25)24-20(15-8-4-2-5-9-15)16-10-6-3-7-11-16/h2-14,20H,1H3,(H2,23,24,25). The molecule has 3 aromatic rings. The molecule has 3 aromatic carbocycles. The van der Waals surface area contributed by atoms with E-state index in [0.29, 0.717) is 16.5 Å². The highest BCUT2D eigenvalue weighted by molar-refractivity contribution is 6.32. The average Bonchev–Trinajstić information content (AvgIpc) is 2.68. The monoisotopic (exact) mass is 366 g/mol. The number of methoxy groups -OCH3 is 1. The van der Waals surface area contributed by atoms with E-state index >= 15 is 0 Å². The van der Waals surface area contributed by atoms with E-state index in [4.69, 9.17) is 16.3 Å².